The van der Waals surface area contributed by atoms with Crippen LogP contribution in [0.3, 0.4) is 0 Å². The Bertz CT molecular complexity index is 1390. The van der Waals surface area contributed by atoms with E-state index in [0.29, 0.717) is 0 Å². The minimum atomic E-state index is -0.301. The smallest absolute Gasteiger partial charge is 0.227 e. The summed E-state index contributed by atoms with van der Waals surface area (Å²) in [5, 5.41) is 9.17. The number of aryl methyl sites for hydroxylation is 1. The number of ether oxygens (including phenoxy) is 2. The van der Waals surface area contributed by atoms with Gasteiger partial charge in [-0.1, -0.05) is 65.9 Å². The predicted octanol–water partition coefficient (Wildman–Crippen LogP) is 5.88. The van der Waals surface area contributed by atoms with Crippen LogP contribution in [-0.4, -0.2) is 28.1 Å². The molecule has 4 aromatic rings. The molecule has 0 spiro atoms. The van der Waals surface area contributed by atoms with Crippen LogP contribution in [0.1, 0.15) is 34.4 Å². The molecule has 3 aromatic carbocycles. The number of benzene rings is 3. The van der Waals surface area contributed by atoms with Gasteiger partial charge in [-0.05, 0) is 48.6 Å². The van der Waals surface area contributed by atoms with Crippen molar-refractivity contribution in [2.24, 2.45) is 0 Å². The molecule has 0 saturated carbocycles. The number of hydrogen-bond donors (Lipinski definition) is 1. The summed E-state index contributed by atoms with van der Waals surface area (Å²) in [6.07, 6.45) is 1.69. The van der Waals surface area contributed by atoms with Gasteiger partial charge < -0.3 is 14.8 Å². The Morgan fingerprint density at radius 1 is 0.971 bits per heavy atom. The third-order valence-corrected chi connectivity index (χ3v) is 6.89. The molecule has 2 aliphatic heterocycles. The first-order chi connectivity index (χ1) is 16.7. The van der Waals surface area contributed by atoms with Crippen molar-refractivity contribution in [2.75, 3.05) is 18.7 Å². The molecule has 170 valence electrons. The first-order valence-corrected chi connectivity index (χ1v) is 12.4. The summed E-state index contributed by atoms with van der Waals surface area (Å²) >= 11 is 1.54. The van der Waals surface area contributed by atoms with Gasteiger partial charge in [0.2, 0.25) is 11.1 Å². The lowest BCUT2D eigenvalue weighted by Crippen LogP contribution is -2.32. The van der Waals surface area contributed by atoms with Gasteiger partial charge in [0.05, 0.1) is 12.8 Å². The highest BCUT2D eigenvalue weighted by Crippen LogP contribution is 2.51. The second-order valence-corrected chi connectivity index (χ2v) is 9.18. The molecule has 0 unspecified atom stereocenters. The molecule has 1 aromatic heterocycles. The first-order valence-electron chi connectivity index (χ1n) is 11.1. The number of fused-ring (bicyclic) bond motifs is 3. The minimum Gasteiger partial charge on any atom is -0.497 e. The summed E-state index contributed by atoms with van der Waals surface area (Å²) in [7, 11) is 1.68. The molecule has 0 amide bonds. The van der Waals surface area contributed by atoms with E-state index in [4.69, 9.17) is 19.6 Å². The predicted molar refractivity (Wildman–Crippen MR) is 134 cm³/mol. The molecule has 34 heavy (non-hydrogen) atoms. The largest absolute Gasteiger partial charge is 0.497 e. The van der Waals surface area contributed by atoms with Crippen LogP contribution in [0.5, 0.6) is 11.5 Å². The van der Waals surface area contributed by atoms with Crippen molar-refractivity contribution >= 4 is 23.4 Å². The summed E-state index contributed by atoms with van der Waals surface area (Å²) in [6, 6.07) is 24.7. The third kappa shape index (κ3) is 3.35. The molecule has 0 bridgehead atoms. The number of hydrogen-bond acceptors (Lipinski definition) is 6. The second kappa shape index (κ2) is 8.25. The van der Waals surface area contributed by atoms with Crippen molar-refractivity contribution in [3.8, 4) is 11.5 Å². The number of nitrogens with zero attached hydrogens (tertiary/aromatic N) is 3. The summed E-state index contributed by atoms with van der Waals surface area (Å²) in [5.41, 5.74) is 6.57. The summed E-state index contributed by atoms with van der Waals surface area (Å²) in [5.74, 6) is 2.39. The molecule has 7 heteroatoms. The van der Waals surface area contributed by atoms with Crippen molar-refractivity contribution in [2.45, 2.75) is 24.2 Å². The SMILES string of the molecule is COc1ccc([C@H]2Oc3ccccc3C3=C2[C@@H](c2ccc(C)cc2)n2nc(SC)nc2N3)cc1. The Labute approximate surface area is 202 Å². The summed E-state index contributed by atoms with van der Waals surface area (Å²) < 4.78 is 14.1. The highest BCUT2D eigenvalue weighted by molar-refractivity contribution is 7.98. The highest BCUT2D eigenvalue weighted by Gasteiger charge is 2.41. The van der Waals surface area contributed by atoms with Crippen LogP contribution < -0.4 is 14.8 Å². The first kappa shape index (κ1) is 20.9. The van der Waals surface area contributed by atoms with Gasteiger partial charge in [0.25, 0.3) is 0 Å². The van der Waals surface area contributed by atoms with Crippen molar-refractivity contribution < 1.29 is 9.47 Å². The Balaban J connectivity index is 1.60. The van der Waals surface area contributed by atoms with Gasteiger partial charge in [-0.3, -0.25) is 0 Å². The second-order valence-electron chi connectivity index (χ2n) is 8.40. The average Bonchev–Trinajstić information content (AvgIpc) is 3.30. The molecule has 6 nitrogen and oxygen atoms in total. The number of nitrogens with one attached hydrogen (secondary N) is 1. The average molecular weight is 469 g/mol. The van der Waals surface area contributed by atoms with Crippen LogP contribution in [-0.2, 0) is 0 Å². The molecule has 0 fully saturated rings. The van der Waals surface area contributed by atoms with E-state index in [0.717, 1.165) is 50.6 Å². The lowest BCUT2D eigenvalue weighted by atomic mass is 9.84. The molecule has 2 aliphatic rings. The number of aromatic nitrogens is 3. The molecule has 2 atom stereocenters. The van der Waals surface area contributed by atoms with E-state index in [-0.39, 0.29) is 12.1 Å². The van der Waals surface area contributed by atoms with Crippen molar-refractivity contribution in [1.82, 2.24) is 14.8 Å². The van der Waals surface area contributed by atoms with E-state index < -0.39 is 0 Å². The lowest BCUT2D eigenvalue weighted by Gasteiger charge is -2.39. The van der Waals surface area contributed by atoms with Gasteiger partial charge in [-0.15, -0.1) is 5.10 Å². The maximum absolute atomic E-state index is 6.68. The fraction of sp³-hybridized carbons (Fsp3) is 0.185. The zero-order valence-electron chi connectivity index (χ0n) is 19.1. The fourth-order valence-electron chi connectivity index (χ4n) is 4.67. The highest BCUT2D eigenvalue weighted by atomic mass is 32.2. The van der Waals surface area contributed by atoms with Gasteiger partial charge in [-0.25, -0.2) is 4.68 Å². The van der Waals surface area contributed by atoms with Crippen molar-refractivity contribution in [1.29, 1.82) is 0 Å². The molecule has 0 radical (unpaired) electrons. The van der Waals surface area contributed by atoms with E-state index in [9.17, 15) is 0 Å². The summed E-state index contributed by atoms with van der Waals surface area (Å²) in [4.78, 5) is 4.76. The standard InChI is InChI=1S/C27H24N4O2S/c1-16-8-10-17(11-9-16)24-22-23(28-26-29-27(34-3)30-31(24)26)20-6-4-5-7-21(20)33-25(22)18-12-14-19(32-2)15-13-18/h4-15,24-25H,1-3H3,(H,28,29,30)/t24-,25-/m1/s1. The lowest BCUT2D eigenvalue weighted by molar-refractivity contribution is 0.222. The van der Waals surface area contributed by atoms with Crippen LogP contribution in [0, 0.1) is 6.92 Å². The van der Waals surface area contributed by atoms with Crippen LogP contribution in [0.25, 0.3) is 5.70 Å². The molecule has 0 saturated heterocycles. The Morgan fingerprint density at radius 2 is 1.71 bits per heavy atom. The number of methoxy groups -OCH3 is 1. The zero-order valence-corrected chi connectivity index (χ0v) is 20.0. The van der Waals surface area contributed by atoms with Gasteiger partial charge in [0.15, 0.2) is 0 Å². The molecular formula is C27H24N4O2S. The molecule has 1 N–H and O–H groups in total. The topological polar surface area (TPSA) is 61.2 Å². The molecule has 0 aliphatic carbocycles. The Hall–Kier alpha value is -3.71. The van der Waals surface area contributed by atoms with E-state index in [1.54, 1.807) is 7.11 Å². The van der Waals surface area contributed by atoms with Crippen LogP contribution >= 0.6 is 11.8 Å². The van der Waals surface area contributed by atoms with Gasteiger partial charge >= 0.3 is 0 Å². The maximum Gasteiger partial charge on any atom is 0.227 e. The van der Waals surface area contributed by atoms with Crippen LogP contribution in [0.4, 0.5) is 5.95 Å². The molecular weight excluding hydrogens is 444 g/mol. The minimum absolute atomic E-state index is 0.166. The van der Waals surface area contributed by atoms with Gasteiger partial charge in [0.1, 0.15) is 23.6 Å². The maximum atomic E-state index is 6.68. The van der Waals surface area contributed by atoms with Gasteiger partial charge in [-0.2, -0.15) is 4.98 Å². The number of anilines is 1. The third-order valence-electron chi connectivity index (χ3n) is 6.35. The van der Waals surface area contributed by atoms with E-state index >= 15 is 0 Å². The fourth-order valence-corrected chi connectivity index (χ4v) is 5.01. The monoisotopic (exact) mass is 468 g/mol. The molecule has 6 rings (SSSR count). The van der Waals surface area contributed by atoms with Crippen molar-refractivity contribution in [3.05, 3.63) is 101 Å². The quantitative estimate of drug-likeness (QED) is 0.378. The zero-order chi connectivity index (χ0) is 23.2. The normalized spacial score (nSPS) is 18.3. The Kier molecular flexibility index (Phi) is 5.07. The molecule has 3 heterocycles. The summed E-state index contributed by atoms with van der Waals surface area (Å²) in [6.45, 7) is 2.10. The van der Waals surface area contributed by atoms with Crippen LogP contribution in [0.15, 0.2) is 83.5 Å². The number of para-hydroxylation sites is 1. The van der Waals surface area contributed by atoms with E-state index in [1.807, 2.05) is 41.3 Å². The van der Waals surface area contributed by atoms with Crippen molar-refractivity contribution in [3.63, 3.8) is 0 Å². The Morgan fingerprint density at radius 3 is 2.44 bits per heavy atom. The van der Waals surface area contributed by atoms with E-state index in [2.05, 4.69) is 54.7 Å². The number of thioether (sulfide) groups is 1. The number of rotatable bonds is 4. The van der Waals surface area contributed by atoms with Crippen LogP contribution in [0.2, 0.25) is 0 Å². The van der Waals surface area contributed by atoms with Gasteiger partial charge in [0, 0.05) is 11.1 Å². The van der Waals surface area contributed by atoms with E-state index in [1.165, 1.54) is 17.3 Å².